The third-order valence-electron chi connectivity index (χ3n) is 3.11. The first-order chi connectivity index (χ1) is 8.57. The number of pyridine rings is 1. The van der Waals surface area contributed by atoms with Gasteiger partial charge in [-0.25, -0.2) is 0 Å². The normalized spacial score (nSPS) is 25.0. The van der Waals surface area contributed by atoms with Crippen molar-refractivity contribution in [2.45, 2.75) is 38.9 Å². The van der Waals surface area contributed by atoms with Crippen LogP contribution in [0.4, 0.5) is 5.69 Å². The number of nitrogens with two attached hydrogens (primary N) is 1. The van der Waals surface area contributed by atoms with Crippen LogP contribution in [0.2, 0.25) is 0 Å². The third-order valence-corrected chi connectivity index (χ3v) is 3.11. The van der Waals surface area contributed by atoms with Gasteiger partial charge in [0.1, 0.15) is 0 Å². The lowest BCUT2D eigenvalue weighted by atomic mass is 9.80. The molecule has 5 heteroatoms. The topological polar surface area (TPSA) is 57.4 Å². The van der Waals surface area contributed by atoms with Crippen LogP contribution in [0.5, 0.6) is 0 Å². The summed E-state index contributed by atoms with van der Waals surface area (Å²) in [7, 11) is -0.861. The minimum absolute atomic E-state index is 0.0688. The van der Waals surface area contributed by atoms with Crippen LogP contribution in [0.1, 0.15) is 31.8 Å². The number of anilines is 1. The molecule has 2 N–H and O–H groups in total. The van der Waals surface area contributed by atoms with Crippen molar-refractivity contribution >= 4 is 18.3 Å². The highest BCUT2D eigenvalue weighted by molar-refractivity contribution is 6.62. The van der Waals surface area contributed by atoms with E-state index >= 15 is 0 Å². The molecule has 0 bridgehead atoms. The Hall–Kier alpha value is -1.07. The fourth-order valence-corrected chi connectivity index (χ4v) is 1.42. The second kappa shape index (κ2) is 3.47. The van der Waals surface area contributed by atoms with Crippen molar-refractivity contribution in [3.63, 3.8) is 0 Å². The van der Waals surface area contributed by atoms with Gasteiger partial charge in [-0.3, -0.25) is 4.98 Å². The highest BCUT2D eigenvalue weighted by atomic mass is 16.7. The van der Waals surface area contributed by atoms with Crippen LogP contribution < -0.4 is 11.2 Å². The smallest absolute Gasteiger partial charge is 0.399 e. The SMILES string of the molecule is [2H]c1nc([2H])c(B2OC(C)(C)C(C)(C)O2)c([2H])c1N. The molecule has 0 spiro atoms. The van der Waals surface area contributed by atoms with E-state index in [2.05, 4.69) is 4.98 Å². The molecule has 4 nitrogen and oxygen atoms in total. The molecule has 0 radical (unpaired) electrons. The Morgan fingerprint density at radius 3 is 2.38 bits per heavy atom. The van der Waals surface area contributed by atoms with Gasteiger partial charge in [-0.1, -0.05) is 0 Å². The van der Waals surface area contributed by atoms with Crippen molar-refractivity contribution < 1.29 is 13.4 Å². The Kier molecular flexibility index (Phi) is 1.75. The summed E-state index contributed by atoms with van der Waals surface area (Å²) in [5.74, 6) is 0. The predicted molar refractivity (Wildman–Crippen MR) is 64.4 cm³/mol. The molecule has 0 unspecified atom stereocenters. The van der Waals surface area contributed by atoms with Gasteiger partial charge in [0.15, 0.2) is 0 Å². The van der Waals surface area contributed by atoms with E-state index in [4.69, 9.17) is 19.2 Å². The average molecular weight is 223 g/mol. The third kappa shape index (κ3) is 1.81. The van der Waals surface area contributed by atoms with E-state index in [0.29, 0.717) is 0 Å². The molecule has 2 rings (SSSR count). The minimum Gasteiger partial charge on any atom is -0.399 e. The van der Waals surface area contributed by atoms with Crippen LogP contribution in [-0.4, -0.2) is 23.3 Å². The fraction of sp³-hybridized carbons (Fsp3) is 0.545. The Bertz CT molecular complexity index is 521. The van der Waals surface area contributed by atoms with E-state index in [0.717, 1.165) is 0 Å². The summed E-state index contributed by atoms with van der Waals surface area (Å²) in [4.78, 5) is 3.70. The van der Waals surface area contributed by atoms with Gasteiger partial charge in [0.05, 0.1) is 15.3 Å². The van der Waals surface area contributed by atoms with Crippen molar-refractivity contribution in [1.29, 1.82) is 0 Å². The first kappa shape index (κ1) is 8.09. The zero-order chi connectivity index (χ0) is 14.6. The van der Waals surface area contributed by atoms with Crippen molar-refractivity contribution in [2.24, 2.45) is 0 Å². The van der Waals surface area contributed by atoms with Gasteiger partial charge >= 0.3 is 7.12 Å². The Labute approximate surface area is 101 Å². The van der Waals surface area contributed by atoms with Gasteiger partial charge in [0.25, 0.3) is 0 Å². The second-order valence-electron chi connectivity index (χ2n) is 4.88. The molecule has 1 aliphatic rings. The van der Waals surface area contributed by atoms with Gasteiger partial charge in [-0.15, -0.1) is 0 Å². The van der Waals surface area contributed by atoms with E-state index < -0.39 is 18.3 Å². The van der Waals surface area contributed by atoms with Gasteiger partial charge in [-0.05, 0) is 33.7 Å². The minimum atomic E-state index is -0.861. The quantitative estimate of drug-likeness (QED) is 0.720. The van der Waals surface area contributed by atoms with Crippen molar-refractivity contribution in [3.05, 3.63) is 18.4 Å². The monoisotopic (exact) mass is 223 g/mol. The second-order valence-corrected chi connectivity index (χ2v) is 4.88. The Morgan fingerprint density at radius 1 is 1.25 bits per heavy atom. The van der Waals surface area contributed by atoms with Crippen LogP contribution in [0.3, 0.4) is 0 Å². The summed E-state index contributed by atoms with van der Waals surface area (Å²) < 4.78 is 34.8. The van der Waals surface area contributed by atoms with Gasteiger partial charge in [-0.2, -0.15) is 0 Å². The maximum atomic E-state index is 7.94. The van der Waals surface area contributed by atoms with Gasteiger partial charge < -0.3 is 15.0 Å². The number of nitrogens with zero attached hydrogens (tertiary/aromatic N) is 1. The van der Waals surface area contributed by atoms with Crippen molar-refractivity contribution in [2.75, 3.05) is 5.73 Å². The predicted octanol–water partition coefficient (Wildman–Crippen LogP) is 0.963. The summed E-state index contributed by atoms with van der Waals surface area (Å²) in [5.41, 5.74) is 4.60. The number of nitrogen functional groups attached to an aromatic ring is 1. The van der Waals surface area contributed by atoms with E-state index in [9.17, 15) is 0 Å². The van der Waals surface area contributed by atoms with Crippen LogP contribution in [0.15, 0.2) is 18.4 Å². The number of hydrogen-bond acceptors (Lipinski definition) is 4. The molecule has 0 aliphatic carbocycles. The summed E-state index contributed by atoms with van der Waals surface area (Å²) in [6, 6.07) is -0.122. The van der Waals surface area contributed by atoms with Gasteiger partial charge in [0, 0.05) is 23.5 Å². The number of aromatic nitrogens is 1. The van der Waals surface area contributed by atoms with E-state index in [1.807, 2.05) is 27.7 Å². The van der Waals surface area contributed by atoms with Crippen molar-refractivity contribution in [1.82, 2.24) is 4.98 Å². The standard InChI is InChI=1S/C11H17BN2O2/c1-10(2)11(3,4)16-12(15-10)8-5-9(13)7-14-6-8/h5-7H,13H2,1-4H3/i5D,6D,7D. The molecule has 16 heavy (non-hydrogen) atoms. The Balaban J connectivity index is 2.49. The van der Waals surface area contributed by atoms with Crippen LogP contribution >= 0.6 is 0 Å². The van der Waals surface area contributed by atoms with Crippen LogP contribution in [-0.2, 0) is 9.31 Å². The van der Waals surface area contributed by atoms with E-state index in [1.165, 1.54) is 0 Å². The molecule has 1 saturated heterocycles. The van der Waals surface area contributed by atoms with Gasteiger partial charge in [0.2, 0.25) is 0 Å². The first-order valence-electron chi connectivity index (χ1n) is 6.65. The summed E-state index contributed by atoms with van der Waals surface area (Å²) >= 11 is 0. The zero-order valence-electron chi connectivity index (χ0n) is 12.9. The summed E-state index contributed by atoms with van der Waals surface area (Å²) in [5, 5.41) is 0. The van der Waals surface area contributed by atoms with Crippen molar-refractivity contribution in [3.8, 4) is 0 Å². The van der Waals surface area contributed by atoms with Crippen LogP contribution in [0.25, 0.3) is 0 Å². The molecule has 0 saturated carbocycles. The molecule has 1 fully saturated rings. The molecular weight excluding hydrogens is 203 g/mol. The summed E-state index contributed by atoms with van der Waals surface area (Å²) in [6.45, 7) is 7.54. The highest BCUT2D eigenvalue weighted by Crippen LogP contribution is 2.36. The lowest BCUT2D eigenvalue weighted by Gasteiger charge is -2.32. The largest absolute Gasteiger partial charge is 0.496 e. The molecule has 0 amide bonds. The average Bonchev–Trinajstić information content (AvgIpc) is 2.44. The van der Waals surface area contributed by atoms with E-state index in [-0.39, 0.29) is 29.5 Å². The number of rotatable bonds is 1. The molecule has 86 valence electrons. The lowest BCUT2D eigenvalue weighted by molar-refractivity contribution is 0.00578. The molecule has 1 aliphatic heterocycles. The molecule has 0 aromatic carbocycles. The van der Waals surface area contributed by atoms with E-state index in [1.54, 1.807) is 0 Å². The fourth-order valence-electron chi connectivity index (χ4n) is 1.42. The van der Waals surface area contributed by atoms with Crippen LogP contribution in [0, 0.1) is 0 Å². The highest BCUT2D eigenvalue weighted by Gasteiger charge is 2.51. The first-order valence-corrected chi connectivity index (χ1v) is 5.15. The number of hydrogen-bond donors (Lipinski definition) is 1. The maximum Gasteiger partial charge on any atom is 0.496 e. The Morgan fingerprint density at radius 2 is 1.81 bits per heavy atom. The lowest BCUT2D eigenvalue weighted by Crippen LogP contribution is -2.41. The molecular formula is C11H17BN2O2. The zero-order valence-corrected chi connectivity index (χ0v) is 9.92. The molecule has 0 atom stereocenters. The summed E-state index contributed by atoms with van der Waals surface area (Å²) in [6.07, 6.45) is -0.474. The molecule has 2 heterocycles. The maximum absolute atomic E-state index is 7.94. The molecule has 1 aromatic heterocycles. The molecule has 1 aromatic rings.